The molecule has 20 heavy (non-hydrogen) atoms. The maximum absolute atomic E-state index is 11.9. The van der Waals surface area contributed by atoms with Crippen molar-refractivity contribution in [1.82, 2.24) is 20.4 Å². The maximum atomic E-state index is 11.9. The number of carbonyl (C=O) groups is 1. The largest absolute Gasteiger partial charge is 0.463 e. The van der Waals surface area contributed by atoms with E-state index in [0.29, 0.717) is 23.7 Å². The van der Waals surface area contributed by atoms with Gasteiger partial charge in [0, 0.05) is 19.2 Å². The molecule has 108 valence electrons. The van der Waals surface area contributed by atoms with Crippen molar-refractivity contribution in [3.8, 4) is 11.5 Å². The van der Waals surface area contributed by atoms with Crippen molar-refractivity contribution in [2.24, 2.45) is 0 Å². The van der Waals surface area contributed by atoms with Crippen LogP contribution in [-0.2, 0) is 0 Å². The number of hydrogen-bond donors (Lipinski definition) is 2. The molecule has 0 aliphatic rings. The molecular weight excluding hydrogens is 256 g/mol. The summed E-state index contributed by atoms with van der Waals surface area (Å²) in [4.78, 5) is 14.2. The summed E-state index contributed by atoms with van der Waals surface area (Å²) in [5.74, 6) is 0.492. The molecule has 1 amide bonds. The third-order valence-electron chi connectivity index (χ3n) is 3.21. The molecule has 0 spiro atoms. The molecule has 6 nitrogen and oxygen atoms in total. The Kier molecular flexibility index (Phi) is 4.95. The number of hydrogen-bond acceptors (Lipinski definition) is 4. The first kappa shape index (κ1) is 14.3. The topological polar surface area (TPSA) is 74.2 Å². The lowest BCUT2D eigenvalue weighted by molar-refractivity contribution is 0.0944. The van der Waals surface area contributed by atoms with Crippen LogP contribution < -0.4 is 5.32 Å². The van der Waals surface area contributed by atoms with Gasteiger partial charge in [-0.15, -0.1) is 0 Å². The minimum absolute atomic E-state index is 0.175. The number of amides is 1. The van der Waals surface area contributed by atoms with Crippen LogP contribution in [-0.4, -0.2) is 47.2 Å². The van der Waals surface area contributed by atoms with Crippen LogP contribution in [0.1, 0.15) is 24.3 Å². The summed E-state index contributed by atoms with van der Waals surface area (Å²) in [7, 11) is 0. The smallest absolute Gasteiger partial charge is 0.271 e. The average molecular weight is 276 g/mol. The van der Waals surface area contributed by atoms with Crippen LogP contribution in [0.3, 0.4) is 0 Å². The normalized spacial score (nSPS) is 10.9. The maximum Gasteiger partial charge on any atom is 0.271 e. The molecule has 0 radical (unpaired) electrons. The number of nitrogens with zero attached hydrogens (tertiary/aromatic N) is 2. The molecule has 0 saturated carbocycles. The molecule has 2 rings (SSSR count). The third kappa shape index (κ3) is 3.48. The molecule has 0 aromatic carbocycles. The summed E-state index contributed by atoms with van der Waals surface area (Å²) in [5, 5.41) is 9.66. The van der Waals surface area contributed by atoms with Crippen LogP contribution in [0.15, 0.2) is 28.9 Å². The van der Waals surface area contributed by atoms with Gasteiger partial charge in [-0.25, -0.2) is 0 Å². The van der Waals surface area contributed by atoms with E-state index in [-0.39, 0.29) is 5.91 Å². The van der Waals surface area contributed by atoms with Crippen molar-refractivity contribution in [2.45, 2.75) is 13.8 Å². The fourth-order valence-electron chi connectivity index (χ4n) is 1.95. The summed E-state index contributed by atoms with van der Waals surface area (Å²) in [6, 6.07) is 5.29. The number of furan rings is 1. The van der Waals surface area contributed by atoms with Gasteiger partial charge in [0.2, 0.25) is 0 Å². The van der Waals surface area contributed by atoms with E-state index in [1.807, 2.05) is 6.07 Å². The Morgan fingerprint density at radius 2 is 2.25 bits per heavy atom. The lowest BCUT2D eigenvalue weighted by Crippen LogP contribution is -2.34. The molecule has 6 heteroatoms. The highest BCUT2D eigenvalue weighted by Crippen LogP contribution is 2.17. The molecule has 0 unspecified atom stereocenters. The number of rotatable bonds is 7. The van der Waals surface area contributed by atoms with Crippen molar-refractivity contribution in [3.63, 3.8) is 0 Å². The summed E-state index contributed by atoms with van der Waals surface area (Å²) in [6.45, 7) is 7.63. The lowest BCUT2D eigenvalue weighted by atomic mass is 10.3. The predicted octanol–water partition coefficient (Wildman–Crippen LogP) is 1.74. The summed E-state index contributed by atoms with van der Waals surface area (Å²) >= 11 is 0. The third-order valence-corrected chi connectivity index (χ3v) is 3.21. The van der Waals surface area contributed by atoms with E-state index in [9.17, 15) is 4.79 Å². The summed E-state index contributed by atoms with van der Waals surface area (Å²) in [6.07, 6.45) is 1.58. The Morgan fingerprint density at radius 1 is 1.45 bits per heavy atom. The molecule has 2 heterocycles. The molecule has 0 aliphatic heterocycles. The summed E-state index contributed by atoms with van der Waals surface area (Å²) < 4.78 is 5.24. The van der Waals surface area contributed by atoms with E-state index < -0.39 is 0 Å². The van der Waals surface area contributed by atoms with Crippen LogP contribution in [0.4, 0.5) is 0 Å². The van der Waals surface area contributed by atoms with Crippen LogP contribution in [0.5, 0.6) is 0 Å². The molecule has 2 N–H and O–H groups in total. The fraction of sp³-hybridized carbons (Fsp3) is 0.429. The molecule has 0 aliphatic carbocycles. The average Bonchev–Trinajstić information content (AvgIpc) is 3.13. The molecule has 0 atom stereocenters. The standard InChI is InChI=1S/C14H20N4O2/c1-3-18(4-2)8-7-15-14(19)12-10-11(16-17-12)13-6-5-9-20-13/h5-6,9-10H,3-4,7-8H2,1-2H3,(H,15,19)(H,16,17). The number of likely N-dealkylation sites (N-methyl/N-ethyl adjacent to an activating group) is 1. The first-order valence-electron chi connectivity index (χ1n) is 6.84. The second-order valence-electron chi connectivity index (χ2n) is 4.43. The van der Waals surface area contributed by atoms with E-state index in [0.717, 1.165) is 19.6 Å². The number of carbonyl (C=O) groups excluding carboxylic acids is 1. The van der Waals surface area contributed by atoms with E-state index in [1.54, 1.807) is 18.4 Å². The van der Waals surface area contributed by atoms with Crippen LogP contribution in [0.25, 0.3) is 11.5 Å². The van der Waals surface area contributed by atoms with Crippen LogP contribution in [0, 0.1) is 0 Å². The number of H-pyrrole nitrogens is 1. The predicted molar refractivity (Wildman–Crippen MR) is 76.4 cm³/mol. The minimum atomic E-state index is -0.175. The monoisotopic (exact) mass is 276 g/mol. The second-order valence-corrected chi connectivity index (χ2v) is 4.43. The first-order valence-corrected chi connectivity index (χ1v) is 6.84. The van der Waals surface area contributed by atoms with Crippen LogP contribution >= 0.6 is 0 Å². The van der Waals surface area contributed by atoms with E-state index in [1.165, 1.54) is 0 Å². The number of aromatic amines is 1. The lowest BCUT2D eigenvalue weighted by Gasteiger charge is -2.17. The molecule has 2 aromatic heterocycles. The fourth-order valence-corrected chi connectivity index (χ4v) is 1.95. The van der Waals surface area contributed by atoms with Crippen molar-refractivity contribution in [3.05, 3.63) is 30.2 Å². The summed E-state index contributed by atoms with van der Waals surface area (Å²) in [5.41, 5.74) is 1.07. The van der Waals surface area contributed by atoms with E-state index in [4.69, 9.17) is 4.42 Å². The zero-order valence-electron chi connectivity index (χ0n) is 11.8. The van der Waals surface area contributed by atoms with Gasteiger partial charge in [0.1, 0.15) is 5.69 Å². The molecule has 0 bridgehead atoms. The Labute approximate surface area is 118 Å². The zero-order chi connectivity index (χ0) is 14.4. The van der Waals surface area contributed by atoms with Gasteiger partial charge < -0.3 is 14.6 Å². The Bertz CT molecular complexity index is 529. The number of nitrogens with one attached hydrogen (secondary N) is 2. The van der Waals surface area contributed by atoms with Gasteiger partial charge in [0.05, 0.1) is 6.26 Å². The Balaban J connectivity index is 1.87. The highest BCUT2D eigenvalue weighted by atomic mass is 16.3. The second kappa shape index (κ2) is 6.91. The highest BCUT2D eigenvalue weighted by molar-refractivity contribution is 5.93. The van der Waals surface area contributed by atoms with Gasteiger partial charge in [-0.05, 0) is 25.2 Å². The van der Waals surface area contributed by atoms with Crippen molar-refractivity contribution in [2.75, 3.05) is 26.2 Å². The van der Waals surface area contributed by atoms with E-state index in [2.05, 4.69) is 34.3 Å². The molecule has 2 aromatic rings. The van der Waals surface area contributed by atoms with E-state index >= 15 is 0 Å². The number of aromatic nitrogens is 2. The Hall–Kier alpha value is -2.08. The zero-order valence-corrected chi connectivity index (χ0v) is 11.8. The van der Waals surface area contributed by atoms with Gasteiger partial charge in [0.15, 0.2) is 11.5 Å². The van der Waals surface area contributed by atoms with Gasteiger partial charge in [-0.3, -0.25) is 9.89 Å². The van der Waals surface area contributed by atoms with Gasteiger partial charge in [-0.2, -0.15) is 5.10 Å². The quantitative estimate of drug-likeness (QED) is 0.808. The van der Waals surface area contributed by atoms with Crippen LogP contribution in [0.2, 0.25) is 0 Å². The van der Waals surface area contributed by atoms with Gasteiger partial charge in [0.25, 0.3) is 5.91 Å². The molecular formula is C14H20N4O2. The van der Waals surface area contributed by atoms with Gasteiger partial charge >= 0.3 is 0 Å². The highest BCUT2D eigenvalue weighted by Gasteiger charge is 2.12. The minimum Gasteiger partial charge on any atom is -0.463 e. The molecule has 0 fully saturated rings. The Morgan fingerprint density at radius 3 is 2.90 bits per heavy atom. The molecule has 0 saturated heterocycles. The van der Waals surface area contributed by atoms with Crippen molar-refractivity contribution in [1.29, 1.82) is 0 Å². The van der Waals surface area contributed by atoms with Crippen molar-refractivity contribution >= 4 is 5.91 Å². The SMILES string of the molecule is CCN(CC)CCNC(=O)c1cc(-c2ccco2)[nH]n1. The van der Waals surface area contributed by atoms with Gasteiger partial charge in [-0.1, -0.05) is 13.8 Å². The first-order chi connectivity index (χ1) is 9.74. The van der Waals surface area contributed by atoms with Crippen molar-refractivity contribution < 1.29 is 9.21 Å².